The Morgan fingerprint density at radius 3 is 3.06 bits per heavy atom. The van der Waals surface area contributed by atoms with Crippen LogP contribution in [-0.2, 0) is 6.54 Å². The predicted molar refractivity (Wildman–Crippen MR) is 78.0 cm³/mol. The van der Waals surface area contributed by atoms with E-state index >= 15 is 0 Å². The molecule has 18 heavy (non-hydrogen) atoms. The van der Waals surface area contributed by atoms with Crippen molar-refractivity contribution in [2.75, 3.05) is 6.54 Å². The van der Waals surface area contributed by atoms with Gasteiger partial charge in [-0.1, -0.05) is 24.6 Å². The van der Waals surface area contributed by atoms with Gasteiger partial charge in [0, 0.05) is 22.2 Å². The zero-order valence-corrected chi connectivity index (χ0v) is 11.5. The number of likely N-dealkylation sites (tertiary alicyclic amines) is 1. The van der Waals surface area contributed by atoms with Gasteiger partial charge in [0.1, 0.15) is 0 Å². The van der Waals surface area contributed by atoms with Crippen LogP contribution >= 0.6 is 11.3 Å². The highest BCUT2D eigenvalue weighted by atomic mass is 32.1. The zero-order valence-electron chi connectivity index (χ0n) is 10.6. The van der Waals surface area contributed by atoms with E-state index in [2.05, 4.69) is 35.2 Å². The van der Waals surface area contributed by atoms with Crippen molar-refractivity contribution in [3.05, 3.63) is 35.2 Å². The highest BCUT2D eigenvalue weighted by molar-refractivity contribution is 7.19. The first-order valence-corrected chi connectivity index (χ1v) is 7.93. The van der Waals surface area contributed by atoms with E-state index in [9.17, 15) is 0 Å². The maximum atomic E-state index is 2.74. The summed E-state index contributed by atoms with van der Waals surface area (Å²) < 4.78 is 1.44. The Morgan fingerprint density at radius 1 is 1.17 bits per heavy atom. The summed E-state index contributed by atoms with van der Waals surface area (Å²) in [6.45, 7) is 2.50. The van der Waals surface area contributed by atoms with Gasteiger partial charge in [0.05, 0.1) is 0 Å². The van der Waals surface area contributed by atoms with Gasteiger partial charge in [-0.05, 0) is 49.2 Å². The van der Waals surface area contributed by atoms with E-state index in [1.807, 2.05) is 11.3 Å². The molecule has 2 fully saturated rings. The fourth-order valence-corrected chi connectivity index (χ4v) is 4.93. The Balaban J connectivity index is 1.57. The summed E-state index contributed by atoms with van der Waals surface area (Å²) in [5, 5.41) is 1.42. The third kappa shape index (κ3) is 1.79. The summed E-state index contributed by atoms with van der Waals surface area (Å²) in [5.41, 5.74) is 0. The third-order valence-electron chi connectivity index (χ3n) is 4.71. The first-order chi connectivity index (χ1) is 8.90. The molecule has 1 saturated heterocycles. The lowest BCUT2D eigenvalue weighted by molar-refractivity contribution is 0.235. The van der Waals surface area contributed by atoms with Gasteiger partial charge in [-0.15, -0.1) is 11.3 Å². The molecule has 0 bridgehead atoms. The van der Waals surface area contributed by atoms with E-state index in [0.717, 1.165) is 12.0 Å². The first kappa shape index (κ1) is 11.0. The summed E-state index contributed by atoms with van der Waals surface area (Å²) in [6, 6.07) is 12.1. The molecule has 1 nitrogen and oxygen atoms in total. The van der Waals surface area contributed by atoms with Crippen LogP contribution < -0.4 is 0 Å². The van der Waals surface area contributed by atoms with Crippen LogP contribution in [0.15, 0.2) is 30.3 Å². The topological polar surface area (TPSA) is 3.24 Å². The average Bonchev–Trinajstić information content (AvgIpc) is 3.05. The molecule has 1 saturated carbocycles. The number of fused-ring (bicyclic) bond motifs is 2. The second kappa shape index (κ2) is 4.36. The molecule has 1 aliphatic carbocycles. The maximum absolute atomic E-state index is 2.74. The van der Waals surface area contributed by atoms with E-state index in [-0.39, 0.29) is 0 Å². The molecular weight excluding hydrogens is 238 g/mol. The Kier molecular flexibility index (Phi) is 2.66. The minimum atomic E-state index is 0.898. The molecule has 0 radical (unpaired) electrons. The number of hydrogen-bond acceptors (Lipinski definition) is 2. The third-order valence-corrected chi connectivity index (χ3v) is 5.81. The van der Waals surface area contributed by atoms with Gasteiger partial charge < -0.3 is 0 Å². The Hall–Kier alpha value is -0.860. The van der Waals surface area contributed by atoms with Crippen LogP contribution in [0.1, 0.15) is 30.6 Å². The summed E-state index contributed by atoms with van der Waals surface area (Å²) in [7, 11) is 0. The van der Waals surface area contributed by atoms with Gasteiger partial charge in [0.25, 0.3) is 0 Å². The molecule has 2 heterocycles. The number of thiophene rings is 1. The highest BCUT2D eigenvalue weighted by Gasteiger charge is 2.37. The lowest BCUT2D eigenvalue weighted by Gasteiger charge is -2.22. The molecule has 0 spiro atoms. The predicted octanol–water partition coefficient (Wildman–Crippen LogP) is 4.28. The maximum Gasteiger partial charge on any atom is 0.0346 e. The molecule has 1 aromatic carbocycles. The van der Waals surface area contributed by atoms with Crippen molar-refractivity contribution in [3.63, 3.8) is 0 Å². The van der Waals surface area contributed by atoms with Crippen molar-refractivity contribution in [3.8, 4) is 0 Å². The van der Waals surface area contributed by atoms with Crippen molar-refractivity contribution in [2.24, 2.45) is 5.92 Å². The number of benzene rings is 1. The van der Waals surface area contributed by atoms with Crippen LogP contribution in [-0.4, -0.2) is 17.5 Å². The summed E-state index contributed by atoms with van der Waals surface area (Å²) >= 11 is 1.98. The number of rotatable bonds is 2. The lowest BCUT2D eigenvalue weighted by atomic mass is 10.0. The largest absolute Gasteiger partial charge is 0.295 e. The van der Waals surface area contributed by atoms with Gasteiger partial charge in [-0.25, -0.2) is 0 Å². The van der Waals surface area contributed by atoms with Crippen LogP contribution in [0, 0.1) is 5.92 Å². The van der Waals surface area contributed by atoms with Crippen LogP contribution in [0.4, 0.5) is 0 Å². The highest BCUT2D eigenvalue weighted by Crippen LogP contribution is 2.39. The van der Waals surface area contributed by atoms with Gasteiger partial charge in [-0.3, -0.25) is 4.90 Å². The fourth-order valence-electron chi connectivity index (χ4n) is 3.84. The standard InChI is InChI=1S/C16H19NS/c1-2-7-16-13(4-1)10-14(18-16)11-17-9-8-12-5-3-6-15(12)17/h1-2,4,7,10,12,15H,3,5-6,8-9,11H2/t12-,15-/m1/s1. The van der Waals surface area contributed by atoms with Crippen molar-refractivity contribution in [2.45, 2.75) is 38.3 Å². The lowest BCUT2D eigenvalue weighted by Crippen LogP contribution is -2.29. The van der Waals surface area contributed by atoms with Crippen LogP contribution in [0.3, 0.4) is 0 Å². The van der Waals surface area contributed by atoms with Gasteiger partial charge in [0.2, 0.25) is 0 Å². The zero-order chi connectivity index (χ0) is 11.9. The monoisotopic (exact) mass is 257 g/mol. The smallest absolute Gasteiger partial charge is 0.0346 e. The van der Waals surface area contributed by atoms with Crippen LogP contribution in [0.5, 0.6) is 0 Å². The summed E-state index contributed by atoms with van der Waals surface area (Å²) in [4.78, 5) is 4.28. The molecule has 1 aliphatic heterocycles. The molecule has 94 valence electrons. The molecule has 2 aliphatic rings. The average molecular weight is 257 g/mol. The van der Waals surface area contributed by atoms with E-state index < -0.39 is 0 Å². The van der Waals surface area contributed by atoms with E-state index in [0.29, 0.717) is 0 Å². The molecule has 2 heteroatoms. The molecule has 2 aromatic rings. The molecule has 0 unspecified atom stereocenters. The molecule has 2 atom stereocenters. The number of hydrogen-bond donors (Lipinski definition) is 0. The Morgan fingerprint density at radius 2 is 2.11 bits per heavy atom. The normalized spacial score (nSPS) is 28.0. The van der Waals surface area contributed by atoms with Crippen LogP contribution in [0.25, 0.3) is 10.1 Å². The van der Waals surface area contributed by atoms with E-state index in [4.69, 9.17) is 0 Å². The second-order valence-corrected chi connectivity index (χ2v) is 6.94. The molecule has 0 N–H and O–H groups in total. The SMILES string of the molecule is c1ccc2sc(CN3CC[C@H]4CCC[C@H]43)cc2c1. The Labute approximate surface area is 112 Å². The quantitative estimate of drug-likeness (QED) is 0.776. The fraction of sp³-hybridized carbons (Fsp3) is 0.500. The van der Waals surface area contributed by atoms with E-state index in [1.54, 1.807) is 4.88 Å². The minimum Gasteiger partial charge on any atom is -0.295 e. The summed E-state index contributed by atoms with van der Waals surface area (Å²) in [6.07, 6.45) is 5.82. The van der Waals surface area contributed by atoms with Crippen molar-refractivity contribution < 1.29 is 0 Å². The van der Waals surface area contributed by atoms with Gasteiger partial charge in [-0.2, -0.15) is 0 Å². The number of nitrogens with zero attached hydrogens (tertiary/aromatic N) is 1. The summed E-state index contributed by atoms with van der Waals surface area (Å²) in [5.74, 6) is 1.01. The van der Waals surface area contributed by atoms with Crippen LogP contribution in [0.2, 0.25) is 0 Å². The molecule has 4 rings (SSSR count). The van der Waals surface area contributed by atoms with E-state index in [1.165, 1.54) is 48.9 Å². The minimum absolute atomic E-state index is 0.898. The van der Waals surface area contributed by atoms with Crippen molar-refractivity contribution in [1.82, 2.24) is 4.90 Å². The van der Waals surface area contributed by atoms with Gasteiger partial charge in [0.15, 0.2) is 0 Å². The molecule has 1 aromatic heterocycles. The van der Waals surface area contributed by atoms with Crippen molar-refractivity contribution in [1.29, 1.82) is 0 Å². The van der Waals surface area contributed by atoms with Gasteiger partial charge >= 0.3 is 0 Å². The first-order valence-electron chi connectivity index (χ1n) is 7.12. The molecular formula is C16H19NS. The Bertz CT molecular complexity index is 526. The molecule has 0 amide bonds. The second-order valence-electron chi connectivity index (χ2n) is 5.77. The van der Waals surface area contributed by atoms with Crippen molar-refractivity contribution >= 4 is 21.4 Å².